The van der Waals surface area contributed by atoms with E-state index in [1.807, 2.05) is 0 Å². The third-order valence-electron chi connectivity index (χ3n) is 2.14. The van der Waals surface area contributed by atoms with Crippen molar-refractivity contribution in [3.8, 4) is 0 Å². The summed E-state index contributed by atoms with van der Waals surface area (Å²) >= 11 is 0. The van der Waals surface area contributed by atoms with Gasteiger partial charge in [0.25, 0.3) is 0 Å². The van der Waals surface area contributed by atoms with E-state index in [9.17, 15) is 0 Å². The average Bonchev–Trinajstić information content (AvgIpc) is 2.12. The second-order valence-corrected chi connectivity index (χ2v) is 2.84. The number of hydrogen-bond donors (Lipinski definition) is 1. The molecule has 2 fully saturated rings. The third kappa shape index (κ3) is 0.644. The van der Waals surface area contributed by atoms with Crippen LogP contribution in [0.3, 0.4) is 0 Å². The van der Waals surface area contributed by atoms with Crippen LogP contribution in [0.25, 0.3) is 0 Å². The molecule has 0 spiro atoms. The fraction of sp³-hybridized carbons (Fsp3) is 1.00. The lowest BCUT2D eigenvalue weighted by molar-refractivity contribution is 0.255. The molecule has 2 heterocycles. The summed E-state index contributed by atoms with van der Waals surface area (Å²) < 4.78 is 0. The molecule has 2 heteroatoms. The van der Waals surface area contributed by atoms with Gasteiger partial charge < -0.3 is 5.32 Å². The Morgan fingerprint density at radius 3 is 3.25 bits per heavy atom. The predicted molar refractivity (Wildman–Crippen MR) is 32.5 cm³/mol. The minimum Gasteiger partial charge on any atom is -0.304 e. The van der Waals surface area contributed by atoms with Gasteiger partial charge in [0, 0.05) is 19.8 Å². The molecule has 2 unspecified atom stereocenters. The van der Waals surface area contributed by atoms with Crippen LogP contribution in [0.1, 0.15) is 6.42 Å². The predicted octanol–water partition coefficient (Wildman–Crippen LogP) is -0.131. The molecule has 0 aromatic rings. The normalized spacial score (nSPS) is 45.0. The number of fused-ring (bicyclic) bond motifs is 2. The molecule has 0 aromatic heterocycles. The molecule has 2 aliphatic heterocycles. The van der Waals surface area contributed by atoms with E-state index in [0.717, 1.165) is 12.6 Å². The summed E-state index contributed by atoms with van der Waals surface area (Å²) in [5.41, 5.74) is 0. The topological polar surface area (TPSA) is 15.3 Å². The van der Waals surface area contributed by atoms with Gasteiger partial charge in [-0.25, -0.2) is 0 Å². The average molecular weight is 112 g/mol. The SMILES string of the molecule is C1CN2CNCC1C2. The first-order chi connectivity index (χ1) is 3.95. The van der Waals surface area contributed by atoms with E-state index in [-0.39, 0.29) is 0 Å². The van der Waals surface area contributed by atoms with Crippen LogP contribution in [0.2, 0.25) is 0 Å². The van der Waals surface area contributed by atoms with Crippen molar-refractivity contribution in [2.75, 3.05) is 26.3 Å². The van der Waals surface area contributed by atoms with Gasteiger partial charge in [-0.15, -0.1) is 0 Å². The standard InChI is InChI=1S/C6H12N2/c1-2-8-4-6(1)3-7-5-8/h6-7H,1-5H2. The number of rotatable bonds is 0. The van der Waals surface area contributed by atoms with Crippen LogP contribution < -0.4 is 5.32 Å². The molecular formula is C6H12N2. The van der Waals surface area contributed by atoms with E-state index in [1.165, 1.54) is 26.1 Å². The van der Waals surface area contributed by atoms with Gasteiger partial charge in [0.05, 0.1) is 0 Å². The lowest BCUT2D eigenvalue weighted by Crippen LogP contribution is -2.40. The highest BCUT2D eigenvalue weighted by Gasteiger charge is 2.25. The first kappa shape index (κ1) is 4.77. The van der Waals surface area contributed by atoms with Crippen LogP contribution in [-0.4, -0.2) is 31.2 Å². The van der Waals surface area contributed by atoms with E-state index in [0.29, 0.717) is 0 Å². The maximum Gasteiger partial charge on any atom is 0.0480 e. The number of nitrogens with one attached hydrogen (secondary N) is 1. The highest BCUT2D eigenvalue weighted by molar-refractivity contribution is 4.80. The Morgan fingerprint density at radius 1 is 1.50 bits per heavy atom. The third-order valence-corrected chi connectivity index (χ3v) is 2.14. The molecule has 0 aliphatic carbocycles. The van der Waals surface area contributed by atoms with Crippen molar-refractivity contribution in [3.05, 3.63) is 0 Å². The Morgan fingerprint density at radius 2 is 2.50 bits per heavy atom. The van der Waals surface area contributed by atoms with Crippen molar-refractivity contribution in [3.63, 3.8) is 0 Å². The molecule has 0 saturated carbocycles. The van der Waals surface area contributed by atoms with Gasteiger partial charge in [-0.2, -0.15) is 0 Å². The summed E-state index contributed by atoms with van der Waals surface area (Å²) in [6.45, 7) is 5.08. The molecule has 0 radical (unpaired) electrons. The van der Waals surface area contributed by atoms with Crippen LogP contribution in [0.15, 0.2) is 0 Å². The molecule has 2 atom stereocenters. The highest BCUT2D eigenvalue weighted by atomic mass is 15.3. The molecular weight excluding hydrogens is 100 g/mol. The quantitative estimate of drug-likeness (QED) is 0.469. The van der Waals surface area contributed by atoms with Gasteiger partial charge in [-0.3, -0.25) is 4.90 Å². The molecule has 2 rings (SSSR count). The number of hydrogen-bond acceptors (Lipinski definition) is 2. The minimum absolute atomic E-state index is 0.976. The fourth-order valence-corrected chi connectivity index (χ4v) is 1.65. The van der Waals surface area contributed by atoms with Gasteiger partial charge in [0.2, 0.25) is 0 Å². The zero-order valence-electron chi connectivity index (χ0n) is 5.06. The summed E-state index contributed by atoms with van der Waals surface area (Å²) in [5.74, 6) is 0.976. The van der Waals surface area contributed by atoms with Crippen molar-refractivity contribution < 1.29 is 0 Å². The zero-order valence-corrected chi connectivity index (χ0v) is 5.06. The van der Waals surface area contributed by atoms with Gasteiger partial charge in [-0.05, 0) is 18.9 Å². The van der Waals surface area contributed by atoms with Crippen molar-refractivity contribution >= 4 is 0 Å². The Bertz CT molecular complexity index is 78.5. The molecule has 0 amide bonds. The lowest BCUT2D eigenvalue weighted by atomic mass is 10.1. The second kappa shape index (κ2) is 1.71. The molecule has 2 bridgehead atoms. The fourth-order valence-electron chi connectivity index (χ4n) is 1.65. The van der Waals surface area contributed by atoms with Gasteiger partial charge in [0.15, 0.2) is 0 Å². The molecule has 1 N–H and O–H groups in total. The second-order valence-electron chi connectivity index (χ2n) is 2.84. The molecule has 46 valence electrons. The van der Waals surface area contributed by atoms with E-state index >= 15 is 0 Å². The highest BCUT2D eigenvalue weighted by Crippen LogP contribution is 2.16. The van der Waals surface area contributed by atoms with Gasteiger partial charge in [0.1, 0.15) is 0 Å². The van der Waals surface area contributed by atoms with Crippen LogP contribution in [0.4, 0.5) is 0 Å². The summed E-state index contributed by atoms with van der Waals surface area (Å²) in [6.07, 6.45) is 1.42. The summed E-state index contributed by atoms with van der Waals surface area (Å²) in [6, 6.07) is 0. The lowest BCUT2D eigenvalue weighted by Gasteiger charge is -2.22. The summed E-state index contributed by atoms with van der Waals surface area (Å²) in [5, 5.41) is 3.37. The van der Waals surface area contributed by atoms with Crippen LogP contribution >= 0.6 is 0 Å². The van der Waals surface area contributed by atoms with Crippen LogP contribution in [-0.2, 0) is 0 Å². The van der Waals surface area contributed by atoms with E-state index in [4.69, 9.17) is 0 Å². The zero-order chi connectivity index (χ0) is 5.40. The molecule has 2 aliphatic rings. The monoisotopic (exact) mass is 112 g/mol. The first-order valence-electron chi connectivity index (χ1n) is 3.38. The first-order valence-corrected chi connectivity index (χ1v) is 3.38. The van der Waals surface area contributed by atoms with Gasteiger partial charge in [-0.1, -0.05) is 0 Å². The summed E-state index contributed by atoms with van der Waals surface area (Å²) in [4.78, 5) is 2.48. The Hall–Kier alpha value is -0.0800. The molecule has 0 aromatic carbocycles. The van der Waals surface area contributed by atoms with Crippen molar-refractivity contribution in [1.29, 1.82) is 0 Å². The van der Waals surface area contributed by atoms with E-state index in [1.54, 1.807) is 0 Å². The van der Waals surface area contributed by atoms with Crippen molar-refractivity contribution in [2.24, 2.45) is 5.92 Å². The van der Waals surface area contributed by atoms with Crippen LogP contribution in [0.5, 0.6) is 0 Å². The van der Waals surface area contributed by atoms with Gasteiger partial charge >= 0.3 is 0 Å². The maximum atomic E-state index is 3.37. The van der Waals surface area contributed by atoms with E-state index < -0.39 is 0 Å². The number of nitrogens with zero attached hydrogens (tertiary/aromatic N) is 1. The van der Waals surface area contributed by atoms with E-state index in [2.05, 4.69) is 10.2 Å². The minimum atomic E-state index is 0.976. The van der Waals surface area contributed by atoms with Crippen molar-refractivity contribution in [2.45, 2.75) is 6.42 Å². The largest absolute Gasteiger partial charge is 0.304 e. The molecule has 2 saturated heterocycles. The Labute approximate surface area is 49.9 Å². The van der Waals surface area contributed by atoms with Crippen LogP contribution in [0, 0.1) is 5.92 Å². The maximum absolute atomic E-state index is 3.37. The summed E-state index contributed by atoms with van der Waals surface area (Å²) in [7, 11) is 0. The smallest absolute Gasteiger partial charge is 0.0480 e. The molecule has 8 heavy (non-hydrogen) atoms. The van der Waals surface area contributed by atoms with Crippen molar-refractivity contribution in [1.82, 2.24) is 10.2 Å². The Balaban J connectivity index is 2.03. The Kier molecular flexibility index (Phi) is 1.02. The molecule has 2 nitrogen and oxygen atoms in total.